The second-order valence-corrected chi connectivity index (χ2v) is 5.57. The van der Waals surface area contributed by atoms with Crippen molar-refractivity contribution in [3.05, 3.63) is 83.9 Å². The maximum Gasteiger partial charge on any atom is 0.135 e. The number of para-hydroxylation sites is 1. The lowest BCUT2D eigenvalue weighted by molar-refractivity contribution is 0.374. The molecule has 26 heavy (non-hydrogen) atoms. The molecular weight excluding hydrogens is 326 g/mol. The summed E-state index contributed by atoms with van der Waals surface area (Å²) in [6.07, 6.45) is 0. The first-order valence-corrected chi connectivity index (χ1v) is 8.26. The predicted molar refractivity (Wildman–Crippen MR) is 104 cm³/mol. The summed E-state index contributed by atoms with van der Waals surface area (Å²) >= 11 is 0. The highest BCUT2D eigenvalue weighted by Crippen LogP contribution is 2.36. The Morgan fingerprint density at radius 3 is 1.73 bits per heavy atom. The maximum absolute atomic E-state index is 5.63. The molecule has 0 saturated carbocycles. The third-order valence-corrected chi connectivity index (χ3v) is 4.00. The van der Waals surface area contributed by atoms with Crippen LogP contribution >= 0.6 is 0 Å². The number of ether oxygens (including phenoxy) is 3. The van der Waals surface area contributed by atoms with Gasteiger partial charge in [-0.15, -0.1) is 0 Å². The fourth-order valence-corrected chi connectivity index (χ4v) is 2.73. The van der Waals surface area contributed by atoms with Gasteiger partial charge in [0.2, 0.25) is 0 Å². The van der Waals surface area contributed by atoms with Crippen LogP contribution in [0.5, 0.6) is 17.2 Å². The van der Waals surface area contributed by atoms with Gasteiger partial charge in [-0.2, -0.15) is 0 Å². The van der Waals surface area contributed by atoms with Crippen LogP contribution < -0.4 is 14.2 Å². The van der Waals surface area contributed by atoms with E-state index in [-0.39, 0.29) is 0 Å². The summed E-state index contributed by atoms with van der Waals surface area (Å²) in [5, 5.41) is 0. The first-order chi connectivity index (χ1) is 12.8. The van der Waals surface area contributed by atoms with E-state index < -0.39 is 0 Å². The van der Waals surface area contributed by atoms with Gasteiger partial charge in [-0.05, 0) is 12.1 Å². The molecule has 0 unspecified atom stereocenters. The number of benzene rings is 3. The number of hydrogen-bond acceptors (Lipinski definition) is 4. The van der Waals surface area contributed by atoms with Gasteiger partial charge < -0.3 is 14.2 Å². The van der Waals surface area contributed by atoms with Gasteiger partial charge in [-0.1, -0.05) is 48.5 Å². The molecule has 0 N–H and O–H groups in total. The summed E-state index contributed by atoms with van der Waals surface area (Å²) < 4.78 is 16.6. The fraction of sp³-hybridized carbons (Fsp3) is 0.136. The molecule has 0 aliphatic rings. The van der Waals surface area contributed by atoms with Gasteiger partial charge in [-0.25, -0.2) is 4.99 Å². The van der Waals surface area contributed by atoms with Gasteiger partial charge in [-0.3, -0.25) is 0 Å². The Morgan fingerprint density at radius 2 is 1.23 bits per heavy atom. The molecule has 0 spiro atoms. The van der Waals surface area contributed by atoms with Gasteiger partial charge in [0.1, 0.15) is 17.2 Å². The summed E-state index contributed by atoms with van der Waals surface area (Å²) in [5.41, 5.74) is 3.38. The number of rotatable bonds is 6. The van der Waals surface area contributed by atoms with Gasteiger partial charge in [0.15, 0.2) is 0 Å². The van der Waals surface area contributed by atoms with Crippen LogP contribution in [0.25, 0.3) is 0 Å². The Hall–Kier alpha value is -3.27. The molecule has 0 aliphatic heterocycles. The molecule has 3 rings (SSSR count). The fourth-order valence-electron chi connectivity index (χ4n) is 2.73. The third-order valence-electron chi connectivity index (χ3n) is 4.00. The zero-order valence-electron chi connectivity index (χ0n) is 15.1. The molecule has 4 heteroatoms. The molecule has 0 saturated heterocycles. The molecule has 3 aromatic carbocycles. The van der Waals surface area contributed by atoms with Crippen LogP contribution in [0.3, 0.4) is 0 Å². The number of hydrogen-bond donors (Lipinski definition) is 0. The topological polar surface area (TPSA) is 40.0 Å². The monoisotopic (exact) mass is 347 g/mol. The van der Waals surface area contributed by atoms with E-state index >= 15 is 0 Å². The lowest BCUT2D eigenvalue weighted by atomic mass is 9.99. The highest BCUT2D eigenvalue weighted by atomic mass is 16.5. The molecule has 0 aromatic heterocycles. The Balaban J connectivity index is 2.28. The molecule has 3 aromatic rings. The van der Waals surface area contributed by atoms with Crippen LogP contribution in [0.2, 0.25) is 0 Å². The molecule has 0 radical (unpaired) electrons. The van der Waals surface area contributed by atoms with Crippen LogP contribution in [0.4, 0.5) is 5.69 Å². The van der Waals surface area contributed by atoms with Crippen molar-refractivity contribution in [2.24, 2.45) is 4.99 Å². The Bertz CT molecular complexity index is 865. The van der Waals surface area contributed by atoms with Crippen molar-refractivity contribution in [2.45, 2.75) is 0 Å². The van der Waals surface area contributed by atoms with Crippen LogP contribution in [0, 0.1) is 0 Å². The van der Waals surface area contributed by atoms with Crippen LogP contribution in [0.1, 0.15) is 11.1 Å². The molecule has 132 valence electrons. The number of nitrogens with zero attached hydrogens (tertiary/aromatic N) is 1. The predicted octanol–water partition coefficient (Wildman–Crippen LogP) is 4.88. The standard InChI is InChI=1S/C22H21NO3/c1-24-18-14-19(25-2)21(20(15-18)26-3)22(16-10-6-4-7-11-16)23-17-12-8-5-9-13-17/h4-15H,1-3H3. The van der Waals surface area contributed by atoms with E-state index in [2.05, 4.69) is 0 Å². The van der Waals surface area contributed by atoms with E-state index in [0.717, 1.165) is 22.5 Å². The van der Waals surface area contributed by atoms with E-state index in [1.165, 1.54) is 0 Å². The van der Waals surface area contributed by atoms with Crippen LogP contribution in [0.15, 0.2) is 77.8 Å². The van der Waals surface area contributed by atoms with Gasteiger partial charge in [0.05, 0.1) is 38.3 Å². The van der Waals surface area contributed by atoms with Crippen molar-refractivity contribution in [1.29, 1.82) is 0 Å². The van der Waals surface area contributed by atoms with Crippen LogP contribution in [-0.4, -0.2) is 27.0 Å². The highest BCUT2D eigenvalue weighted by molar-refractivity contribution is 6.17. The quantitative estimate of drug-likeness (QED) is 0.597. The van der Waals surface area contributed by atoms with Gasteiger partial charge >= 0.3 is 0 Å². The second-order valence-electron chi connectivity index (χ2n) is 5.57. The van der Waals surface area contributed by atoms with Crippen molar-refractivity contribution in [3.63, 3.8) is 0 Å². The van der Waals surface area contributed by atoms with E-state index in [4.69, 9.17) is 19.2 Å². The average molecular weight is 347 g/mol. The normalized spacial score (nSPS) is 11.1. The molecule has 4 nitrogen and oxygen atoms in total. The summed E-state index contributed by atoms with van der Waals surface area (Å²) in [7, 11) is 4.87. The van der Waals surface area contributed by atoms with E-state index in [9.17, 15) is 0 Å². The second kappa shape index (κ2) is 8.21. The first-order valence-electron chi connectivity index (χ1n) is 8.26. The number of aliphatic imine (C=N–C) groups is 1. The zero-order chi connectivity index (χ0) is 18.4. The molecule has 0 aliphatic carbocycles. The first kappa shape index (κ1) is 17.5. The minimum atomic E-state index is 0.639. The Morgan fingerprint density at radius 1 is 0.692 bits per heavy atom. The lowest BCUT2D eigenvalue weighted by Gasteiger charge is -2.17. The van der Waals surface area contributed by atoms with Crippen molar-refractivity contribution in [3.8, 4) is 17.2 Å². The largest absolute Gasteiger partial charge is 0.496 e. The maximum atomic E-state index is 5.63. The average Bonchev–Trinajstić information content (AvgIpc) is 2.72. The molecule has 0 atom stereocenters. The summed E-state index contributed by atoms with van der Waals surface area (Å²) in [6.45, 7) is 0. The Kier molecular flexibility index (Phi) is 5.54. The molecule has 0 bridgehead atoms. The van der Waals surface area contributed by atoms with Crippen molar-refractivity contribution in [2.75, 3.05) is 21.3 Å². The number of methoxy groups -OCH3 is 3. The van der Waals surface area contributed by atoms with Crippen molar-refractivity contribution in [1.82, 2.24) is 0 Å². The Labute approximate surface area is 153 Å². The smallest absolute Gasteiger partial charge is 0.135 e. The molecular formula is C22H21NO3. The minimum Gasteiger partial charge on any atom is -0.496 e. The summed E-state index contributed by atoms with van der Waals surface area (Å²) in [6, 6.07) is 23.5. The molecule has 0 amide bonds. The molecule has 0 fully saturated rings. The third kappa shape index (κ3) is 3.70. The zero-order valence-corrected chi connectivity index (χ0v) is 15.1. The summed E-state index contributed by atoms with van der Waals surface area (Å²) in [5.74, 6) is 1.94. The van der Waals surface area contributed by atoms with E-state index in [0.29, 0.717) is 17.2 Å². The van der Waals surface area contributed by atoms with Crippen LogP contribution in [-0.2, 0) is 0 Å². The van der Waals surface area contributed by atoms with E-state index in [1.54, 1.807) is 21.3 Å². The van der Waals surface area contributed by atoms with E-state index in [1.807, 2.05) is 72.8 Å². The minimum absolute atomic E-state index is 0.639. The molecule has 0 heterocycles. The summed E-state index contributed by atoms with van der Waals surface area (Å²) in [4.78, 5) is 4.89. The van der Waals surface area contributed by atoms with Gasteiger partial charge in [0.25, 0.3) is 0 Å². The van der Waals surface area contributed by atoms with Gasteiger partial charge in [0, 0.05) is 17.7 Å². The lowest BCUT2D eigenvalue weighted by Crippen LogP contribution is -2.08. The highest BCUT2D eigenvalue weighted by Gasteiger charge is 2.20. The van der Waals surface area contributed by atoms with Crippen molar-refractivity contribution < 1.29 is 14.2 Å². The van der Waals surface area contributed by atoms with Crippen molar-refractivity contribution >= 4 is 11.4 Å². The SMILES string of the molecule is COc1cc(OC)c(C(=Nc2ccccc2)c2ccccc2)c(OC)c1.